The zero-order valence-electron chi connectivity index (χ0n) is 12.8. The van der Waals surface area contributed by atoms with Crippen molar-refractivity contribution >= 4 is 11.7 Å². The van der Waals surface area contributed by atoms with Gasteiger partial charge in [-0.1, -0.05) is 0 Å². The summed E-state index contributed by atoms with van der Waals surface area (Å²) in [5.74, 6) is 1.45. The molecule has 0 radical (unpaired) electrons. The molecule has 0 saturated carbocycles. The average molecular weight is 282 g/mol. The van der Waals surface area contributed by atoms with E-state index in [1.165, 1.54) is 21.3 Å². The number of hydrogen-bond donors (Lipinski definition) is 2. The molecule has 2 N–H and O–H groups in total. The number of rotatable bonds is 4. The number of methoxy groups -OCH3 is 3. The van der Waals surface area contributed by atoms with Crippen LogP contribution in [0.15, 0.2) is 12.1 Å². The van der Waals surface area contributed by atoms with Crippen molar-refractivity contribution in [3.05, 3.63) is 12.1 Å². The second kappa shape index (κ2) is 6.36. The molecule has 1 aromatic rings. The van der Waals surface area contributed by atoms with E-state index in [0.29, 0.717) is 22.9 Å². The lowest BCUT2D eigenvalue weighted by Gasteiger charge is -2.21. The lowest BCUT2D eigenvalue weighted by atomic mass is 10.1. The molecular formula is C14H22N2O4. The van der Waals surface area contributed by atoms with E-state index in [9.17, 15) is 4.79 Å². The summed E-state index contributed by atoms with van der Waals surface area (Å²) in [5.41, 5.74) is 0.242. The molecule has 6 nitrogen and oxygen atoms in total. The minimum absolute atomic E-state index is 0.299. The summed E-state index contributed by atoms with van der Waals surface area (Å²) in [6, 6.07) is 3.04. The van der Waals surface area contributed by atoms with E-state index < -0.39 is 0 Å². The van der Waals surface area contributed by atoms with Gasteiger partial charge in [0.2, 0.25) is 5.75 Å². The van der Waals surface area contributed by atoms with Gasteiger partial charge in [-0.2, -0.15) is 0 Å². The van der Waals surface area contributed by atoms with E-state index in [0.717, 1.165) is 0 Å². The van der Waals surface area contributed by atoms with Gasteiger partial charge in [-0.3, -0.25) is 0 Å². The highest BCUT2D eigenvalue weighted by Gasteiger charge is 2.17. The summed E-state index contributed by atoms with van der Waals surface area (Å²) in [7, 11) is 4.58. The predicted octanol–water partition coefficient (Wildman–Crippen LogP) is 2.63. The second-order valence-corrected chi connectivity index (χ2v) is 5.24. The zero-order valence-corrected chi connectivity index (χ0v) is 12.8. The summed E-state index contributed by atoms with van der Waals surface area (Å²) >= 11 is 0. The molecule has 0 aliphatic carbocycles. The van der Waals surface area contributed by atoms with Gasteiger partial charge in [-0.15, -0.1) is 0 Å². The van der Waals surface area contributed by atoms with Crippen molar-refractivity contribution in [2.45, 2.75) is 26.3 Å². The summed E-state index contributed by atoms with van der Waals surface area (Å²) in [4.78, 5) is 11.8. The monoisotopic (exact) mass is 282 g/mol. The van der Waals surface area contributed by atoms with Crippen LogP contribution in [-0.2, 0) is 0 Å². The summed E-state index contributed by atoms with van der Waals surface area (Å²) in [5, 5.41) is 5.54. The molecule has 2 amide bonds. The molecule has 0 aliphatic rings. The van der Waals surface area contributed by atoms with Crippen molar-refractivity contribution < 1.29 is 19.0 Å². The van der Waals surface area contributed by atoms with Gasteiger partial charge in [0.15, 0.2) is 11.5 Å². The third-order valence-corrected chi connectivity index (χ3v) is 2.41. The number of carbonyl (C=O) groups excluding carboxylic acids is 1. The second-order valence-electron chi connectivity index (χ2n) is 5.24. The molecule has 0 aromatic heterocycles. The van der Waals surface area contributed by atoms with E-state index >= 15 is 0 Å². The number of anilines is 1. The standard InChI is InChI=1S/C14H22N2O4/c1-14(2,3)16-13(17)15-9-7-10(18-4)12(20-6)11(8-9)19-5/h7-8H,1-6H3,(H2,15,16,17). The SMILES string of the molecule is COc1cc(NC(=O)NC(C)(C)C)cc(OC)c1OC. The van der Waals surface area contributed by atoms with Crippen LogP contribution in [0.1, 0.15) is 20.8 Å². The molecule has 0 bridgehead atoms. The number of amides is 2. The Morgan fingerprint density at radius 1 is 1.00 bits per heavy atom. The first-order valence-corrected chi connectivity index (χ1v) is 6.20. The van der Waals surface area contributed by atoms with Gasteiger partial charge in [0.05, 0.1) is 27.0 Å². The van der Waals surface area contributed by atoms with Crippen molar-refractivity contribution in [3.8, 4) is 17.2 Å². The maximum Gasteiger partial charge on any atom is 0.319 e. The summed E-state index contributed by atoms with van der Waals surface area (Å²) in [6.45, 7) is 5.71. The van der Waals surface area contributed by atoms with Crippen molar-refractivity contribution in [2.75, 3.05) is 26.6 Å². The van der Waals surface area contributed by atoms with Crippen LogP contribution in [0.4, 0.5) is 10.5 Å². The molecule has 1 aromatic carbocycles. The first-order valence-electron chi connectivity index (χ1n) is 6.20. The minimum Gasteiger partial charge on any atom is -0.493 e. The van der Waals surface area contributed by atoms with Gasteiger partial charge in [0.1, 0.15) is 0 Å². The molecule has 0 aliphatic heterocycles. The number of ether oxygens (including phenoxy) is 3. The Balaban J connectivity index is 2.99. The maximum atomic E-state index is 11.8. The lowest BCUT2D eigenvalue weighted by molar-refractivity contribution is 0.244. The molecule has 0 unspecified atom stereocenters. The van der Waals surface area contributed by atoms with Gasteiger partial charge in [-0.05, 0) is 20.8 Å². The molecule has 0 heterocycles. The van der Waals surface area contributed by atoms with Gasteiger partial charge in [0, 0.05) is 17.7 Å². The van der Waals surface area contributed by atoms with Gasteiger partial charge in [0.25, 0.3) is 0 Å². The largest absolute Gasteiger partial charge is 0.493 e. The van der Waals surface area contributed by atoms with Crippen LogP contribution in [0, 0.1) is 0 Å². The predicted molar refractivity (Wildman–Crippen MR) is 78.0 cm³/mol. The van der Waals surface area contributed by atoms with E-state index in [1.807, 2.05) is 20.8 Å². The van der Waals surface area contributed by atoms with Crippen LogP contribution >= 0.6 is 0 Å². The molecule has 6 heteroatoms. The first-order chi connectivity index (χ1) is 9.30. The number of hydrogen-bond acceptors (Lipinski definition) is 4. The van der Waals surface area contributed by atoms with Crippen LogP contribution in [0.5, 0.6) is 17.2 Å². The molecule has 0 atom stereocenters. The molecule has 1 rings (SSSR count). The maximum absolute atomic E-state index is 11.8. The number of urea groups is 1. The minimum atomic E-state index is -0.315. The van der Waals surface area contributed by atoms with Crippen molar-refractivity contribution in [1.29, 1.82) is 0 Å². The molecule has 0 spiro atoms. The Morgan fingerprint density at radius 2 is 1.50 bits per heavy atom. The smallest absolute Gasteiger partial charge is 0.319 e. The fraction of sp³-hybridized carbons (Fsp3) is 0.500. The molecular weight excluding hydrogens is 260 g/mol. The van der Waals surface area contributed by atoms with Gasteiger partial charge in [-0.25, -0.2) is 4.79 Å². The van der Waals surface area contributed by atoms with Gasteiger partial charge < -0.3 is 24.8 Å². The zero-order chi connectivity index (χ0) is 15.3. The highest BCUT2D eigenvalue weighted by molar-refractivity contribution is 5.90. The highest BCUT2D eigenvalue weighted by atomic mass is 16.5. The van der Waals surface area contributed by atoms with Crippen LogP contribution in [0.3, 0.4) is 0 Å². The van der Waals surface area contributed by atoms with Crippen LogP contribution in [0.2, 0.25) is 0 Å². The third kappa shape index (κ3) is 4.22. The van der Waals surface area contributed by atoms with Crippen molar-refractivity contribution in [1.82, 2.24) is 5.32 Å². The van der Waals surface area contributed by atoms with E-state index in [2.05, 4.69) is 10.6 Å². The third-order valence-electron chi connectivity index (χ3n) is 2.41. The summed E-state index contributed by atoms with van der Waals surface area (Å²) < 4.78 is 15.7. The Kier molecular flexibility index (Phi) is 5.07. The fourth-order valence-electron chi connectivity index (χ4n) is 1.66. The van der Waals surface area contributed by atoms with Crippen molar-refractivity contribution in [2.24, 2.45) is 0 Å². The van der Waals surface area contributed by atoms with E-state index in [1.54, 1.807) is 12.1 Å². The Hall–Kier alpha value is -2.11. The molecule has 112 valence electrons. The lowest BCUT2D eigenvalue weighted by Crippen LogP contribution is -2.43. The Labute approximate surface area is 119 Å². The van der Waals surface area contributed by atoms with E-state index in [4.69, 9.17) is 14.2 Å². The van der Waals surface area contributed by atoms with Crippen LogP contribution in [0.25, 0.3) is 0 Å². The molecule has 0 fully saturated rings. The Morgan fingerprint density at radius 3 is 1.85 bits per heavy atom. The quantitative estimate of drug-likeness (QED) is 0.890. The average Bonchev–Trinajstić information content (AvgIpc) is 2.35. The molecule has 20 heavy (non-hydrogen) atoms. The molecule has 0 saturated heterocycles. The van der Waals surface area contributed by atoms with Crippen LogP contribution in [-0.4, -0.2) is 32.9 Å². The van der Waals surface area contributed by atoms with Crippen molar-refractivity contribution in [3.63, 3.8) is 0 Å². The normalized spacial score (nSPS) is 10.7. The van der Waals surface area contributed by atoms with E-state index in [-0.39, 0.29) is 11.6 Å². The fourth-order valence-corrected chi connectivity index (χ4v) is 1.66. The Bertz CT molecular complexity index is 456. The number of carbonyl (C=O) groups is 1. The summed E-state index contributed by atoms with van der Waals surface area (Å²) in [6.07, 6.45) is 0. The topological polar surface area (TPSA) is 68.8 Å². The number of benzene rings is 1. The van der Waals surface area contributed by atoms with Gasteiger partial charge >= 0.3 is 6.03 Å². The number of nitrogens with one attached hydrogen (secondary N) is 2. The highest BCUT2D eigenvalue weighted by Crippen LogP contribution is 2.39. The van der Waals surface area contributed by atoms with Crippen LogP contribution < -0.4 is 24.8 Å². The first kappa shape index (κ1) is 15.9.